The van der Waals surface area contributed by atoms with Crippen molar-refractivity contribution in [2.75, 3.05) is 5.32 Å². The number of nitrogens with zero attached hydrogens (tertiary/aromatic N) is 1. The van der Waals surface area contributed by atoms with Crippen LogP contribution in [0.4, 0.5) is 5.69 Å². The highest BCUT2D eigenvalue weighted by Gasteiger charge is 2.10. The zero-order valence-corrected chi connectivity index (χ0v) is 11.4. The number of para-hydroxylation sites is 2. The van der Waals surface area contributed by atoms with E-state index >= 15 is 0 Å². The van der Waals surface area contributed by atoms with Gasteiger partial charge >= 0.3 is 0 Å². The second kappa shape index (κ2) is 4.81. The Kier molecular flexibility index (Phi) is 2.99. The molecular weight excluding hydrogens is 250 g/mol. The van der Waals surface area contributed by atoms with Gasteiger partial charge in [0.2, 0.25) is 5.91 Å². The lowest BCUT2D eigenvalue weighted by Gasteiger charge is -2.09. The molecule has 3 aromatic rings. The maximum absolute atomic E-state index is 11.2. The van der Waals surface area contributed by atoms with E-state index in [4.69, 9.17) is 0 Å². The molecule has 0 spiro atoms. The van der Waals surface area contributed by atoms with Gasteiger partial charge < -0.3 is 10.3 Å². The quantitative estimate of drug-likeness (QED) is 0.745. The van der Waals surface area contributed by atoms with Gasteiger partial charge in [-0.25, -0.2) is 4.98 Å². The molecule has 2 N–H and O–H groups in total. The minimum Gasteiger partial charge on any atom is -0.338 e. The Morgan fingerprint density at radius 3 is 2.70 bits per heavy atom. The molecule has 1 aromatic heterocycles. The van der Waals surface area contributed by atoms with Gasteiger partial charge in [0.05, 0.1) is 11.0 Å². The van der Waals surface area contributed by atoms with Gasteiger partial charge in [0.1, 0.15) is 5.82 Å². The molecule has 0 bridgehead atoms. The first-order valence-electron chi connectivity index (χ1n) is 6.47. The standard InChI is InChI=1S/C16H15N3O/c1-10-12(6-5-9-13(10)17-11(2)20)16-18-14-7-3-4-8-15(14)19-16/h3-9H,1-2H3,(H,17,20)(H,18,19). The Hall–Kier alpha value is -2.62. The number of hydrogen-bond acceptors (Lipinski definition) is 2. The highest BCUT2D eigenvalue weighted by atomic mass is 16.1. The average molecular weight is 265 g/mol. The van der Waals surface area contributed by atoms with Gasteiger partial charge in [0, 0.05) is 18.2 Å². The van der Waals surface area contributed by atoms with E-state index in [0.717, 1.165) is 33.7 Å². The number of rotatable bonds is 2. The molecule has 4 nitrogen and oxygen atoms in total. The Balaban J connectivity index is 2.11. The number of hydrogen-bond donors (Lipinski definition) is 2. The van der Waals surface area contributed by atoms with Crippen molar-refractivity contribution in [3.8, 4) is 11.4 Å². The highest BCUT2D eigenvalue weighted by Crippen LogP contribution is 2.28. The fourth-order valence-electron chi connectivity index (χ4n) is 2.30. The zero-order chi connectivity index (χ0) is 14.1. The van der Waals surface area contributed by atoms with E-state index in [1.807, 2.05) is 49.4 Å². The second-order valence-corrected chi connectivity index (χ2v) is 4.76. The monoisotopic (exact) mass is 265 g/mol. The average Bonchev–Trinajstić information content (AvgIpc) is 2.84. The van der Waals surface area contributed by atoms with Gasteiger partial charge in [-0.05, 0) is 30.7 Å². The van der Waals surface area contributed by atoms with Crippen molar-refractivity contribution in [2.45, 2.75) is 13.8 Å². The summed E-state index contributed by atoms with van der Waals surface area (Å²) in [5, 5.41) is 2.84. The van der Waals surface area contributed by atoms with Crippen molar-refractivity contribution in [3.05, 3.63) is 48.0 Å². The lowest BCUT2D eigenvalue weighted by Crippen LogP contribution is -2.07. The number of imidazole rings is 1. The van der Waals surface area contributed by atoms with E-state index < -0.39 is 0 Å². The van der Waals surface area contributed by atoms with Crippen LogP contribution in [-0.2, 0) is 4.79 Å². The SMILES string of the molecule is CC(=O)Nc1cccc(-c2nc3ccccc3[nH]2)c1C. The van der Waals surface area contributed by atoms with Crippen molar-refractivity contribution in [2.24, 2.45) is 0 Å². The summed E-state index contributed by atoms with van der Waals surface area (Å²) in [4.78, 5) is 19.1. The smallest absolute Gasteiger partial charge is 0.221 e. The van der Waals surface area contributed by atoms with E-state index in [9.17, 15) is 4.79 Å². The van der Waals surface area contributed by atoms with E-state index in [-0.39, 0.29) is 5.91 Å². The molecule has 20 heavy (non-hydrogen) atoms. The molecule has 0 radical (unpaired) electrons. The number of fused-ring (bicyclic) bond motifs is 1. The summed E-state index contributed by atoms with van der Waals surface area (Å²) in [6.07, 6.45) is 0. The maximum Gasteiger partial charge on any atom is 0.221 e. The van der Waals surface area contributed by atoms with E-state index in [2.05, 4.69) is 15.3 Å². The molecule has 0 aliphatic carbocycles. The molecule has 0 fully saturated rings. The summed E-state index contributed by atoms with van der Waals surface area (Å²) in [7, 11) is 0. The molecule has 0 unspecified atom stereocenters. The van der Waals surface area contributed by atoms with Crippen molar-refractivity contribution in [3.63, 3.8) is 0 Å². The molecule has 0 aliphatic heterocycles. The third kappa shape index (κ3) is 2.16. The number of nitrogens with one attached hydrogen (secondary N) is 2. The van der Waals surface area contributed by atoms with Crippen molar-refractivity contribution < 1.29 is 4.79 Å². The van der Waals surface area contributed by atoms with Crippen LogP contribution >= 0.6 is 0 Å². The fourth-order valence-corrected chi connectivity index (χ4v) is 2.30. The van der Waals surface area contributed by atoms with Gasteiger partial charge in [-0.2, -0.15) is 0 Å². The summed E-state index contributed by atoms with van der Waals surface area (Å²) >= 11 is 0. The summed E-state index contributed by atoms with van der Waals surface area (Å²) in [5.41, 5.74) is 4.75. The minimum atomic E-state index is -0.0742. The molecular formula is C16H15N3O. The van der Waals surface area contributed by atoms with E-state index in [1.165, 1.54) is 6.92 Å². The molecule has 1 amide bonds. The fraction of sp³-hybridized carbons (Fsp3) is 0.125. The van der Waals surface area contributed by atoms with E-state index in [1.54, 1.807) is 0 Å². The third-order valence-corrected chi connectivity index (χ3v) is 3.29. The lowest BCUT2D eigenvalue weighted by atomic mass is 10.1. The summed E-state index contributed by atoms with van der Waals surface area (Å²) in [6, 6.07) is 13.7. The number of amides is 1. The largest absolute Gasteiger partial charge is 0.338 e. The minimum absolute atomic E-state index is 0.0742. The number of benzene rings is 2. The number of anilines is 1. The molecule has 0 saturated heterocycles. The van der Waals surface area contributed by atoms with Crippen LogP contribution in [0, 0.1) is 6.92 Å². The number of carbonyl (C=O) groups is 1. The molecule has 0 atom stereocenters. The number of carbonyl (C=O) groups excluding carboxylic acids is 1. The van der Waals surface area contributed by atoms with Gasteiger partial charge in [-0.3, -0.25) is 4.79 Å². The number of aromatic amines is 1. The number of aromatic nitrogens is 2. The highest BCUT2D eigenvalue weighted by molar-refractivity contribution is 5.91. The predicted molar refractivity (Wildman–Crippen MR) is 80.6 cm³/mol. The van der Waals surface area contributed by atoms with E-state index in [0.29, 0.717) is 0 Å². The van der Waals surface area contributed by atoms with Crippen LogP contribution in [0.5, 0.6) is 0 Å². The molecule has 0 aliphatic rings. The van der Waals surface area contributed by atoms with Gasteiger partial charge in [-0.15, -0.1) is 0 Å². The topological polar surface area (TPSA) is 57.8 Å². The third-order valence-electron chi connectivity index (χ3n) is 3.29. The molecule has 3 rings (SSSR count). The van der Waals surface area contributed by atoms with Crippen LogP contribution in [0.3, 0.4) is 0 Å². The van der Waals surface area contributed by atoms with Crippen LogP contribution in [0.15, 0.2) is 42.5 Å². The van der Waals surface area contributed by atoms with Crippen molar-refractivity contribution in [1.29, 1.82) is 0 Å². The van der Waals surface area contributed by atoms with Crippen molar-refractivity contribution >= 4 is 22.6 Å². The molecule has 4 heteroatoms. The first-order chi connectivity index (χ1) is 9.65. The van der Waals surface area contributed by atoms with Crippen LogP contribution in [0.1, 0.15) is 12.5 Å². The summed E-state index contributed by atoms with van der Waals surface area (Å²) in [6.45, 7) is 3.49. The number of H-pyrrole nitrogens is 1. The molecule has 100 valence electrons. The Bertz CT molecular complexity index is 756. The van der Waals surface area contributed by atoms with Crippen LogP contribution in [0.25, 0.3) is 22.4 Å². The second-order valence-electron chi connectivity index (χ2n) is 4.76. The first-order valence-corrected chi connectivity index (χ1v) is 6.47. The van der Waals surface area contributed by atoms with Crippen molar-refractivity contribution in [1.82, 2.24) is 9.97 Å². The first kappa shape index (κ1) is 12.4. The van der Waals surface area contributed by atoms with Crippen LogP contribution in [-0.4, -0.2) is 15.9 Å². The van der Waals surface area contributed by atoms with Crippen LogP contribution in [0.2, 0.25) is 0 Å². The summed E-state index contributed by atoms with van der Waals surface area (Å²) < 4.78 is 0. The molecule has 0 saturated carbocycles. The Morgan fingerprint density at radius 2 is 1.95 bits per heavy atom. The lowest BCUT2D eigenvalue weighted by molar-refractivity contribution is -0.114. The Morgan fingerprint density at radius 1 is 1.15 bits per heavy atom. The predicted octanol–water partition coefficient (Wildman–Crippen LogP) is 3.50. The van der Waals surface area contributed by atoms with Gasteiger partial charge in [0.25, 0.3) is 0 Å². The van der Waals surface area contributed by atoms with Gasteiger partial charge in [-0.1, -0.05) is 24.3 Å². The normalized spacial score (nSPS) is 10.7. The van der Waals surface area contributed by atoms with Crippen LogP contribution < -0.4 is 5.32 Å². The summed E-state index contributed by atoms with van der Waals surface area (Å²) in [5.74, 6) is 0.741. The maximum atomic E-state index is 11.2. The van der Waals surface area contributed by atoms with Gasteiger partial charge in [0.15, 0.2) is 0 Å². The molecule has 2 aromatic carbocycles. The zero-order valence-electron chi connectivity index (χ0n) is 11.4. The Labute approximate surface area is 116 Å². The molecule has 1 heterocycles.